The Kier molecular flexibility index (Phi) is 3.77. The molecule has 0 aromatic carbocycles. The lowest BCUT2D eigenvalue weighted by molar-refractivity contribution is -0.217. The van der Waals surface area contributed by atoms with E-state index < -0.39 is 0 Å². The number of ether oxygens (including phenoxy) is 1. The van der Waals surface area contributed by atoms with Crippen LogP contribution in [0.15, 0.2) is 0 Å². The molecule has 56 valence electrons. The van der Waals surface area contributed by atoms with Gasteiger partial charge in [0.05, 0.1) is 0 Å². The van der Waals surface area contributed by atoms with Crippen LogP contribution in [0.25, 0.3) is 0 Å². The van der Waals surface area contributed by atoms with E-state index in [9.17, 15) is 0 Å². The molecule has 0 aromatic heterocycles. The van der Waals surface area contributed by atoms with Crippen molar-refractivity contribution in [2.24, 2.45) is 0 Å². The number of nitrogens with zero attached hydrogens (tertiary/aromatic N) is 1. The first-order valence-corrected chi connectivity index (χ1v) is 3.09. The SMILES string of the molecule is COC(C)N(O)C(C)C. The molecule has 0 amide bonds. The van der Waals surface area contributed by atoms with Gasteiger partial charge in [-0.25, -0.2) is 0 Å². The molecule has 0 saturated carbocycles. The molecule has 3 heteroatoms. The minimum absolute atomic E-state index is 0.111. The van der Waals surface area contributed by atoms with Crippen molar-refractivity contribution in [3.63, 3.8) is 0 Å². The Morgan fingerprint density at radius 1 is 1.33 bits per heavy atom. The van der Waals surface area contributed by atoms with Gasteiger partial charge in [0, 0.05) is 13.2 Å². The quantitative estimate of drug-likeness (QED) is 0.462. The number of hydrogen-bond donors (Lipinski definition) is 1. The molecule has 0 aliphatic carbocycles. The maximum absolute atomic E-state index is 9.10. The monoisotopic (exact) mass is 133 g/mol. The van der Waals surface area contributed by atoms with Crippen molar-refractivity contribution >= 4 is 0 Å². The van der Waals surface area contributed by atoms with Crippen LogP contribution in [0.2, 0.25) is 0 Å². The molecule has 0 fully saturated rings. The summed E-state index contributed by atoms with van der Waals surface area (Å²) in [7, 11) is 1.57. The summed E-state index contributed by atoms with van der Waals surface area (Å²) in [5.74, 6) is 0. The molecule has 1 unspecified atom stereocenters. The fourth-order valence-corrected chi connectivity index (χ4v) is 0.528. The first-order valence-electron chi connectivity index (χ1n) is 3.09. The Morgan fingerprint density at radius 2 is 1.78 bits per heavy atom. The van der Waals surface area contributed by atoms with E-state index in [4.69, 9.17) is 9.94 Å². The molecular weight excluding hydrogens is 118 g/mol. The van der Waals surface area contributed by atoms with Crippen molar-refractivity contribution in [2.75, 3.05) is 7.11 Å². The van der Waals surface area contributed by atoms with Gasteiger partial charge in [-0.05, 0) is 20.8 Å². The van der Waals surface area contributed by atoms with E-state index in [0.29, 0.717) is 0 Å². The molecule has 0 spiro atoms. The second-order valence-electron chi connectivity index (χ2n) is 2.31. The zero-order chi connectivity index (χ0) is 7.44. The van der Waals surface area contributed by atoms with Gasteiger partial charge in [0.15, 0.2) is 0 Å². The lowest BCUT2D eigenvalue weighted by atomic mass is 10.4. The molecule has 1 atom stereocenters. The highest BCUT2D eigenvalue weighted by Crippen LogP contribution is 1.99. The van der Waals surface area contributed by atoms with Crippen molar-refractivity contribution in [2.45, 2.75) is 33.0 Å². The third-order valence-corrected chi connectivity index (χ3v) is 1.24. The summed E-state index contributed by atoms with van der Waals surface area (Å²) in [6.45, 7) is 5.59. The highest BCUT2D eigenvalue weighted by atomic mass is 16.6. The van der Waals surface area contributed by atoms with Gasteiger partial charge in [0.2, 0.25) is 0 Å². The summed E-state index contributed by atoms with van der Waals surface area (Å²) < 4.78 is 4.85. The van der Waals surface area contributed by atoms with Crippen LogP contribution in [0.4, 0.5) is 0 Å². The molecule has 1 N–H and O–H groups in total. The lowest BCUT2D eigenvalue weighted by Crippen LogP contribution is -2.36. The summed E-state index contributed by atoms with van der Waals surface area (Å²) in [5, 5.41) is 10.3. The van der Waals surface area contributed by atoms with Crippen LogP contribution in [-0.4, -0.2) is 29.7 Å². The third-order valence-electron chi connectivity index (χ3n) is 1.24. The van der Waals surface area contributed by atoms with E-state index in [-0.39, 0.29) is 12.3 Å². The normalized spacial score (nSPS) is 15.0. The smallest absolute Gasteiger partial charge is 0.129 e. The first-order chi connectivity index (χ1) is 4.09. The summed E-state index contributed by atoms with van der Waals surface area (Å²) >= 11 is 0. The molecule has 9 heavy (non-hydrogen) atoms. The average Bonchev–Trinajstić information content (AvgIpc) is 1.84. The van der Waals surface area contributed by atoms with Crippen LogP contribution in [0, 0.1) is 0 Å². The molecule has 3 nitrogen and oxygen atoms in total. The maximum atomic E-state index is 9.10. The van der Waals surface area contributed by atoms with Gasteiger partial charge in [-0.3, -0.25) is 0 Å². The van der Waals surface area contributed by atoms with Gasteiger partial charge in [-0.1, -0.05) is 0 Å². The van der Waals surface area contributed by atoms with Crippen molar-refractivity contribution in [3.05, 3.63) is 0 Å². The van der Waals surface area contributed by atoms with Crippen LogP contribution >= 0.6 is 0 Å². The van der Waals surface area contributed by atoms with Crippen molar-refractivity contribution in [3.8, 4) is 0 Å². The van der Waals surface area contributed by atoms with Crippen LogP contribution in [-0.2, 0) is 4.74 Å². The van der Waals surface area contributed by atoms with E-state index >= 15 is 0 Å². The standard InChI is InChI=1S/C6H15NO2/c1-5(2)7(8)6(3)9-4/h5-6,8H,1-4H3. The summed E-state index contributed by atoms with van der Waals surface area (Å²) in [6, 6.07) is 0.111. The molecule has 0 rings (SSSR count). The summed E-state index contributed by atoms with van der Waals surface area (Å²) in [6.07, 6.45) is -0.218. The second-order valence-corrected chi connectivity index (χ2v) is 2.31. The largest absolute Gasteiger partial charge is 0.365 e. The predicted octanol–water partition coefficient (Wildman–Crippen LogP) is 1.08. The van der Waals surface area contributed by atoms with Crippen LogP contribution in [0.1, 0.15) is 20.8 Å². The molecule has 0 aliphatic rings. The Balaban J connectivity index is 3.58. The van der Waals surface area contributed by atoms with E-state index in [1.165, 1.54) is 5.06 Å². The zero-order valence-electron chi connectivity index (χ0n) is 6.46. The first kappa shape index (κ1) is 8.88. The van der Waals surface area contributed by atoms with Crippen LogP contribution < -0.4 is 0 Å². The van der Waals surface area contributed by atoms with E-state index in [2.05, 4.69) is 0 Å². The Labute approximate surface area is 56.2 Å². The average molecular weight is 133 g/mol. The van der Waals surface area contributed by atoms with Crippen LogP contribution in [0.5, 0.6) is 0 Å². The summed E-state index contributed by atoms with van der Waals surface area (Å²) in [5.41, 5.74) is 0. The van der Waals surface area contributed by atoms with Gasteiger partial charge in [-0.15, -0.1) is 0 Å². The molecule has 0 aromatic rings. The minimum atomic E-state index is -0.218. The minimum Gasteiger partial charge on any atom is -0.365 e. The maximum Gasteiger partial charge on any atom is 0.129 e. The second kappa shape index (κ2) is 3.82. The van der Waals surface area contributed by atoms with E-state index in [1.807, 2.05) is 13.8 Å². The van der Waals surface area contributed by atoms with E-state index in [1.54, 1.807) is 14.0 Å². The van der Waals surface area contributed by atoms with Gasteiger partial charge in [0.1, 0.15) is 6.23 Å². The Morgan fingerprint density at radius 3 is 1.89 bits per heavy atom. The lowest BCUT2D eigenvalue weighted by Gasteiger charge is -2.24. The Bertz CT molecular complexity index is 75.5. The van der Waals surface area contributed by atoms with Gasteiger partial charge in [0.25, 0.3) is 0 Å². The van der Waals surface area contributed by atoms with Crippen molar-refractivity contribution in [1.82, 2.24) is 5.06 Å². The molecule has 0 heterocycles. The fourth-order valence-electron chi connectivity index (χ4n) is 0.528. The molecule has 0 aliphatic heterocycles. The number of hydrogen-bond acceptors (Lipinski definition) is 3. The molecule has 0 radical (unpaired) electrons. The number of rotatable bonds is 3. The van der Waals surface area contributed by atoms with Gasteiger partial charge in [-0.2, -0.15) is 5.06 Å². The van der Waals surface area contributed by atoms with Gasteiger partial charge < -0.3 is 9.94 Å². The Hall–Kier alpha value is -0.120. The van der Waals surface area contributed by atoms with Gasteiger partial charge >= 0.3 is 0 Å². The molecule has 0 bridgehead atoms. The zero-order valence-corrected chi connectivity index (χ0v) is 6.46. The molecule has 0 saturated heterocycles. The van der Waals surface area contributed by atoms with Crippen LogP contribution in [0.3, 0.4) is 0 Å². The number of hydroxylamine groups is 2. The predicted molar refractivity (Wildman–Crippen MR) is 35.2 cm³/mol. The topological polar surface area (TPSA) is 32.7 Å². The summed E-state index contributed by atoms with van der Waals surface area (Å²) in [4.78, 5) is 0. The van der Waals surface area contributed by atoms with E-state index in [0.717, 1.165) is 0 Å². The highest BCUT2D eigenvalue weighted by Gasteiger charge is 2.11. The highest BCUT2D eigenvalue weighted by molar-refractivity contribution is 4.50. The van der Waals surface area contributed by atoms with Crippen molar-refractivity contribution in [1.29, 1.82) is 0 Å². The molecular formula is C6H15NO2. The fraction of sp³-hybridized carbons (Fsp3) is 1.00. The number of methoxy groups -OCH3 is 1. The third kappa shape index (κ3) is 2.79. The van der Waals surface area contributed by atoms with Crippen molar-refractivity contribution < 1.29 is 9.94 Å².